The Labute approximate surface area is 213 Å². The van der Waals surface area contributed by atoms with Crippen molar-refractivity contribution in [2.75, 3.05) is 6.61 Å². The number of allylic oxidation sites excluding steroid dienone is 1. The fourth-order valence-corrected chi connectivity index (χ4v) is 10.7. The number of benzene rings is 2. The lowest BCUT2D eigenvalue weighted by molar-refractivity contribution is 0.178. The number of azide groups is 1. The molecule has 0 amide bonds. The van der Waals surface area contributed by atoms with E-state index in [1.807, 2.05) is 0 Å². The molecule has 1 aliphatic carbocycles. The smallest absolute Gasteiger partial charge is 0.261 e. The van der Waals surface area contributed by atoms with E-state index >= 15 is 0 Å². The number of hydrogen-bond acceptors (Lipinski definition) is 2. The molecule has 0 N–H and O–H groups in total. The average Bonchev–Trinajstić information content (AvgIpc) is 3.23. The van der Waals surface area contributed by atoms with Gasteiger partial charge in [0.2, 0.25) is 0 Å². The Bertz CT molecular complexity index is 952. The van der Waals surface area contributed by atoms with Gasteiger partial charge in [0, 0.05) is 17.6 Å². The first-order chi connectivity index (χ1) is 16.8. The molecule has 4 nitrogen and oxygen atoms in total. The van der Waals surface area contributed by atoms with Crippen LogP contribution in [0.4, 0.5) is 0 Å². The summed E-state index contributed by atoms with van der Waals surface area (Å²) in [6.07, 6.45) is 5.06. The van der Waals surface area contributed by atoms with Gasteiger partial charge in [-0.3, -0.25) is 0 Å². The lowest BCUT2D eigenvalue weighted by Gasteiger charge is -2.44. The molecule has 3 atom stereocenters. The van der Waals surface area contributed by atoms with Crippen molar-refractivity contribution in [3.05, 3.63) is 83.3 Å². The van der Waals surface area contributed by atoms with Crippen LogP contribution in [0.5, 0.6) is 0 Å². The van der Waals surface area contributed by atoms with Crippen LogP contribution in [0.1, 0.15) is 66.7 Å². The minimum absolute atomic E-state index is 0.00287. The molecule has 0 radical (unpaired) electrons. The first-order valence-electron chi connectivity index (χ1n) is 13.2. The van der Waals surface area contributed by atoms with E-state index in [1.54, 1.807) is 0 Å². The fourth-order valence-electron chi connectivity index (χ4n) is 6.07. The largest absolute Gasteiger partial charge is 0.407 e. The molecular weight excluding hydrogens is 446 g/mol. The summed E-state index contributed by atoms with van der Waals surface area (Å²) in [5.41, 5.74) is 10.6. The molecule has 5 heteroatoms. The molecule has 3 rings (SSSR count). The maximum absolute atomic E-state index is 9.38. The Kier molecular flexibility index (Phi) is 9.40. The molecule has 0 saturated heterocycles. The molecule has 188 valence electrons. The normalized spacial score (nSPS) is 19.5. The maximum Gasteiger partial charge on any atom is 0.261 e. The third-order valence-electron chi connectivity index (χ3n) is 8.04. The van der Waals surface area contributed by atoms with Gasteiger partial charge in [-0.15, -0.1) is 0 Å². The molecule has 2 aromatic rings. The van der Waals surface area contributed by atoms with E-state index in [2.05, 4.69) is 112 Å². The molecule has 0 spiro atoms. The second-order valence-corrected chi connectivity index (χ2v) is 15.6. The van der Waals surface area contributed by atoms with Crippen LogP contribution in [0.2, 0.25) is 5.04 Å². The molecule has 0 bridgehead atoms. The standard InChI is InChI=1S/C30H43N3OSi/c1-7-24(8-2)21-29(32-33-31)28-20-23(3)19-25(28)22-34-35(30(4,5)6,26-15-11-9-12-16-26)27-17-13-10-14-18-27/h9-18,24-25,28-29H,3,7-8,19-22H2,1-2,4-6H3/t25-,28+,29-/m0/s1. The number of hydrogen-bond donors (Lipinski definition) is 0. The highest BCUT2D eigenvalue weighted by Crippen LogP contribution is 2.43. The zero-order chi connectivity index (χ0) is 25.5. The van der Waals surface area contributed by atoms with Crippen molar-refractivity contribution in [2.45, 2.75) is 77.8 Å². The average molecular weight is 490 g/mol. The minimum atomic E-state index is -2.60. The summed E-state index contributed by atoms with van der Waals surface area (Å²) in [4.78, 5) is 3.27. The van der Waals surface area contributed by atoms with E-state index in [4.69, 9.17) is 4.43 Å². The summed E-state index contributed by atoms with van der Waals surface area (Å²) in [6.45, 7) is 16.4. The van der Waals surface area contributed by atoms with Crippen LogP contribution in [0.15, 0.2) is 77.9 Å². The topological polar surface area (TPSA) is 58.0 Å². The van der Waals surface area contributed by atoms with E-state index in [-0.39, 0.29) is 17.0 Å². The Morgan fingerprint density at radius 3 is 2.00 bits per heavy atom. The minimum Gasteiger partial charge on any atom is -0.407 e. The first-order valence-corrected chi connectivity index (χ1v) is 15.1. The van der Waals surface area contributed by atoms with E-state index in [1.165, 1.54) is 15.9 Å². The van der Waals surface area contributed by atoms with Crippen molar-refractivity contribution in [3.63, 3.8) is 0 Å². The molecule has 35 heavy (non-hydrogen) atoms. The lowest BCUT2D eigenvalue weighted by Crippen LogP contribution is -2.67. The van der Waals surface area contributed by atoms with Gasteiger partial charge in [0.1, 0.15) is 0 Å². The fraction of sp³-hybridized carbons (Fsp3) is 0.533. The zero-order valence-corrected chi connectivity index (χ0v) is 23.3. The molecule has 1 aliphatic rings. The molecule has 0 aliphatic heterocycles. The van der Waals surface area contributed by atoms with Gasteiger partial charge in [0.25, 0.3) is 8.32 Å². The SMILES string of the molecule is C=C1C[C@@H](CO[Si](c2ccccc2)(c2ccccc2)C(C)(C)C)[C@H]([C@H](CC(CC)CC)N=[N+]=[N-])C1. The number of rotatable bonds is 11. The van der Waals surface area contributed by atoms with E-state index in [0.717, 1.165) is 32.1 Å². The van der Waals surface area contributed by atoms with Gasteiger partial charge >= 0.3 is 0 Å². The Morgan fingerprint density at radius 1 is 1.00 bits per heavy atom. The van der Waals surface area contributed by atoms with Gasteiger partial charge in [0.05, 0.1) is 0 Å². The summed E-state index contributed by atoms with van der Waals surface area (Å²) in [6, 6.07) is 21.6. The van der Waals surface area contributed by atoms with Gasteiger partial charge in [-0.25, -0.2) is 0 Å². The van der Waals surface area contributed by atoms with Crippen molar-refractivity contribution in [1.29, 1.82) is 0 Å². The quantitative estimate of drug-likeness (QED) is 0.105. The molecule has 0 aromatic heterocycles. The molecule has 0 unspecified atom stereocenters. The van der Waals surface area contributed by atoms with Crippen molar-refractivity contribution in [1.82, 2.24) is 0 Å². The second kappa shape index (κ2) is 12.1. The van der Waals surface area contributed by atoms with E-state index in [9.17, 15) is 5.53 Å². The molecule has 2 aromatic carbocycles. The van der Waals surface area contributed by atoms with Crippen molar-refractivity contribution in [2.24, 2.45) is 22.9 Å². The highest BCUT2D eigenvalue weighted by molar-refractivity contribution is 6.99. The van der Waals surface area contributed by atoms with Gasteiger partial charge in [0.15, 0.2) is 0 Å². The summed E-state index contributed by atoms with van der Waals surface area (Å²) in [5.74, 6) is 1.18. The summed E-state index contributed by atoms with van der Waals surface area (Å²) >= 11 is 0. The van der Waals surface area contributed by atoms with Gasteiger partial charge < -0.3 is 4.43 Å². The Balaban J connectivity index is 1.98. The van der Waals surface area contributed by atoms with Gasteiger partial charge in [-0.1, -0.05) is 125 Å². The van der Waals surface area contributed by atoms with Crippen molar-refractivity contribution >= 4 is 18.7 Å². The maximum atomic E-state index is 9.38. The van der Waals surface area contributed by atoms with Crippen LogP contribution in [-0.4, -0.2) is 21.0 Å². The highest BCUT2D eigenvalue weighted by atomic mass is 28.4. The van der Waals surface area contributed by atoms with Crippen molar-refractivity contribution < 1.29 is 4.43 Å². The molecule has 1 saturated carbocycles. The van der Waals surface area contributed by atoms with E-state index in [0.29, 0.717) is 18.4 Å². The predicted molar refractivity (Wildman–Crippen MR) is 151 cm³/mol. The Morgan fingerprint density at radius 2 is 1.54 bits per heavy atom. The summed E-state index contributed by atoms with van der Waals surface area (Å²) < 4.78 is 7.28. The van der Waals surface area contributed by atoms with Crippen LogP contribution in [-0.2, 0) is 4.43 Å². The zero-order valence-electron chi connectivity index (χ0n) is 22.3. The molecule has 0 heterocycles. The molecule has 1 fully saturated rings. The van der Waals surface area contributed by atoms with Crippen LogP contribution in [0, 0.1) is 17.8 Å². The first kappa shape index (κ1) is 27.3. The van der Waals surface area contributed by atoms with Gasteiger partial charge in [-0.2, -0.15) is 0 Å². The van der Waals surface area contributed by atoms with Gasteiger partial charge in [-0.05, 0) is 58.0 Å². The van der Waals surface area contributed by atoms with Crippen LogP contribution in [0.25, 0.3) is 10.4 Å². The predicted octanol–water partition coefficient (Wildman–Crippen LogP) is 7.65. The second-order valence-electron chi connectivity index (χ2n) is 11.2. The van der Waals surface area contributed by atoms with Crippen LogP contribution >= 0.6 is 0 Å². The summed E-state index contributed by atoms with van der Waals surface area (Å²) in [5, 5.41) is 6.88. The summed E-state index contributed by atoms with van der Waals surface area (Å²) in [7, 11) is -2.60. The van der Waals surface area contributed by atoms with Crippen molar-refractivity contribution in [3.8, 4) is 0 Å². The monoisotopic (exact) mass is 489 g/mol. The number of nitrogens with zero attached hydrogens (tertiary/aromatic N) is 3. The molecular formula is C30H43N3OSi. The van der Waals surface area contributed by atoms with Crippen LogP contribution in [0.3, 0.4) is 0 Å². The highest BCUT2D eigenvalue weighted by Gasteiger charge is 2.51. The third-order valence-corrected chi connectivity index (χ3v) is 13.0. The Hall–Kier alpha value is -2.33. The van der Waals surface area contributed by atoms with E-state index < -0.39 is 8.32 Å². The third kappa shape index (κ3) is 6.09. The van der Waals surface area contributed by atoms with Crippen LogP contribution < -0.4 is 10.4 Å². The lowest BCUT2D eigenvalue weighted by atomic mass is 9.83.